The Morgan fingerprint density at radius 2 is 2.19 bits per heavy atom. The fourth-order valence-corrected chi connectivity index (χ4v) is 1.76. The monoisotopic (exact) mass is 227 g/mol. The highest BCUT2D eigenvalue weighted by molar-refractivity contribution is 5.82. The van der Waals surface area contributed by atoms with E-state index in [0.29, 0.717) is 0 Å². The summed E-state index contributed by atoms with van der Waals surface area (Å²) in [5, 5.41) is 6.24. The molecule has 94 valence electrons. The number of likely N-dealkylation sites (N-methyl/N-ethyl adjacent to an activating group) is 1. The van der Waals surface area contributed by atoms with Gasteiger partial charge in [0.15, 0.2) is 0 Å². The molecule has 4 heteroatoms. The van der Waals surface area contributed by atoms with E-state index >= 15 is 0 Å². The lowest BCUT2D eigenvalue weighted by atomic mass is 9.92. The number of rotatable bonds is 3. The molecule has 1 saturated heterocycles. The molecule has 0 aliphatic carbocycles. The molecule has 1 rings (SSSR count). The molecule has 1 atom stereocenters. The summed E-state index contributed by atoms with van der Waals surface area (Å²) in [7, 11) is 2.05. The Morgan fingerprint density at radius 3 is 2.75 bits per heavy atom. The average molecular weight is 227 g/mol. The Kier molecular flexibility index (Phi) is 4.74. The van der Waals surface area contributed by atoms with Gasteiger partial charge >= 0.3 is 0 Å². The molecule has 1 fully saturated rings. The highest BCUT2D eigenvalue weighted by Crippen LogP contribution is 2.16. The summed E-state index contributed by atoms with van der Waals surface area (Å²) in [4.78, 5) is 14.0. The van der Waals surface area contributed by atoms with E-state index in [-0.39, 0.29) is 17.4 Å². The van der Waals surface area contributed by atoms with E-state index in [1.165, 1.54) is 0 Å². The summed E-state index contributed by atoms with van der Waals surface area (Å²) < 4.78 is 0. The Balaban J connectivity index is 2.24. The largest absolute Gasteiger partial charge is 0.355 e. The molecule has 4 nitrogen and oxygen atoms in total. The number of hydrogen-bond acceptors (Lipinski definition) is 3. The molecular weight excluding hydrogens is 202 g/mol. The second kappa shape index (κ2) is 5.64. The van der Waals surface area contributed by atoms with Gasteiger partial charge in [-0.2, -0.15) is 0 Å². The van der Waals surface area contributed by atoms with Crippen LogP contribution in [0.2, 0.25) is 0 Å². The molecule has 0 aromatic heterocycles. The van der Waals surface area contributed by atoms with Crippen molar-refractivity contribution in [3.63, 3.8) is 0 Å². The van der Waals surface area contributed by atoms with Crippen molar-refractivity contribution in [1.29, 1.82) is 0 Å². The number of carbonyl (C=O) groups excluding carboxylic acids is 1. The maximum atomic E-state index is 11.8. The first-order chi connectivity index (χ1) is 7.38. The number of amides is 1. The van der Waals surface area contributed by atoms with Gasteiger partial charge in [0.25, 0.3) is 0 Å². The van der Waals surface area contributed by atoms with Crippen molar-refractivity contribution in [3.8, 4) is 0 Å². The standard InChI is InChI=1S/C12H25N3O/c1-12(2,3)5-6-14-11(16)10-9-15(4)8-7-13-10/h10,13H,5-9H2,1-4H3,(H,14,16). The van der Waals surface area contributed by atoms with Crippen LogP contribution in [-0.4, -0.2) is 50.1 Å². The van der Waals surface area contributed by atoms with Crippen molar-refractivity contribution < 1.29 is 4.79 Å². The van der Waals surface area contributed by atoms with E-state index < -0.39 is 0 Å². The fraction of sp³-hybridized carbons (Fsp3) is 0.917. The van der Waals surface area contributed by atoms with E-state index in [1.807, 2.05) is 0 Å². The molecule has 1 heterocycles. The molecule has 0 radical (unpaired) electrons. The number of nitrogens with zero attached hydrogens (tertiary/aromatic N) is 1. The second-order valence-corrected chi connectivity index (χ2v) is 5.87. The van der Waals surface area contributed by atoms with Gasteiger partial charge in [-0.25, -0.2) is 0 Å². The highest BCUT2D eigenvalue weighted by atomic mass is 16.2. The van der Waals surface area contributed by atoms with Crippen LogP contribution in [0.25, 0.3) is 0 Å². The molecule has 0 bridgehead atoms. The van der Waals surface area contributed by atoms with Crippen LogP contribution in [0.15, 0.2) is 0 Å². The lowest BCUT2D eigenvalue weighted by Gasteiger charge is -2.30. The Bertz CT molecular complexity index is 235. The zero-order valence-electron chi connectivity index (χ0n) is 11.0. The van der Waals surface area contributed by atoms with Crippen LogP contribution in [0.4, 0.5) is 0 Å². The van der Waals surface area contributed by atoms with Gasteiger partial charge in [-0.1, -0.05) is 20.8 Å². The van der Waals surface area contributed by atoms with Crippen LogP contribution in [0.3, 0.4) is 0 Å². The second-order valence-electron chi connectivity index (χ2n) is 5.87. The van der Waals surface area contributed by atoms with Gasteiger partial charge in [0.1, 0.15) is 0 Å². The summed E-state index contributed by atoms with van der Waals surface area (Å²) in [5.74, 6) is 0.135. The zero-order valence-corrected chi connectivity index (χ0v) is 11.0. The molecule has 1 unspecified atom stereocenters. The maximum Gasteiger partial charge on any atom is 0.238 e. The minimum absolute atomic E-state index is 0.0429. The molecule has 0 aromatic carbocycles. The number of hydrogen-bond donors (Lipinski definition) is 2. The van der Waals surface area contributed by atoms with Crippen molar-refractivity contribution in [2.75, 3.05) is 33.2 Å². The lowest BCUT2D eigenvalue weighted by Crippen LogP contribution is -2.56. The number of carbonyl (C=O) groups is 1. The Hall–Kier alpha value is -0.610. The summed E-state index contributed by atoms with van der Waals surface area (Å²) in [6, 6.07) is -0.0429. The first-order valence-electron chi connectivity index (χ1n) is 6.08. The van der Waals surface area contributed by atoms with Gasteiger partial charge < -0.3 is 15.5 Å². The summed E-state index contributed by atoms with van der Waals surface area (Å²) >= 11 is 0. The van der Waals surface area contributed by atoms with Gasteiger partial charge in [-0.15, -0.1) is 0 Å². The lowest BCUT2D eigenvalue weighted by molar-refractivity contribution is -0.124. The molecular formula is C12H25N3O. The summed E-state index contributed by atoms with van der Waals surface area (Å²) in [6.45, 7) is 10.1. The molecule has 1 aliphatic heterocycles. The average Bonchev–Trinajstić information content (AvgIpc) is 2.15. The molecule has 2 N–H and O–H groups in total. The van der Waals surface area contributed by atoms with E-state index in [2.05, 4.69) is 43.4 Å². The van der Waals surface area contributed by atoms with Crippen LogP contribution >= 0.6 is 0 Å². The van der Waals surface area contributed by atoms with Crippen LogP contribution < -0.4 is 10.6 Å². The van der Waals surface area contributed by atoms with E-state index in [1.54, 1.807) is 0 Å². The van der Waals surface area contributed by atoms with E-state index in [9.17, 15) is 4.79 Å². The molecule has 16 heavy (non-hydrogen) atoms. The quantitative estimate of drug-likeness (QED) is 0.735. The first kappa shape index (κ1) is 13.5. The van der Waals surface area contributed by atoms with Crippen molar-refractivity contribution >= 4 is 5.91 Å². The third-order valence-electron chi connectivity index (χ3n) is 2.87. The smallest absolute Gasteiger partial charge is 0.238 e. The zero-order chi connectivity index (χ0) is 12.2. The number of piperazine rings is 1. The van der Waals surface area contributed by atoms with Gasteiger partial charge in [-0.3, -0.25) is 4.79 Å². The third kappa shape index (κ3) is 4.94. The van der Waals surface area contributed by atoms with E-state index in [4.69, 9.17) is 0 Å². The Labute approximate surface area is 98.8 Å². The fourth-order valence-electron chi connectivity index (χ4n) is 1.76. The Morgan fingerprint density at radius 1 is 1.50 bits per heavy atom. The van der Waals surface area contributed by atoms with Gasteiger partial charge in [0, 0.05) is 26.2 Å². The summed E-state index contributed by atoms with van der Waals surface area (Å²) in [5.41, 5.74) is 0.282. The van der Waals surface area contributed by atoms with Crippen molar-refractivity contribution in [2.45, 2.75) is 33.2 Å². The van der Waals surface area contributed by atoms with Crippen LogP contribution in [0.5, 0.6) is 0 Å². The van der Waals surface area contributed by atoms with Crippen LogP contribution in [-0.2, 0) is 4.79 Å². The SMILES string of the molecule is CN1CCNC(C(=O)NCCC(C)(C)C)C1. The molecule has 0 saturated carbocycles. The molecule has 1 amide bonds. The van der Waals surface area contributed by atoms with Gasteiger partial charge in [0.2, 0.25) is 5.91 Å². The normalized spacial score (nSPS) is 23.1. The van der Waals surface area contributed by atoms with Gasteiger partial charge in [0.05, 0.1) is 6.04 Å². The van der Waals surface area contributed by atoms with Crippen molar-refractivity contribution in [1.82, 2.24) is 15.5 Å². The van der Waals surface area contributed by atoms with Gasteiger partial charge in [-0.05, 0) is 18.9 Å². The minimum atomic E-state index is -0.0429. The molecule has 1 aliphatic rings. The van der Waals surface area contributed by atoms with E-state index in [0.717, 1.165) is 32.6 Å². The first-order valence-corrected chi connectivity index (χ1v) is 6.08. The number of nitrogens with one attached hydrogen (secondary N) is 2. The van der Waals surface area contributed by atoms with Crippen molar-refractivity contribution in [2.24, 2.45) is 5.41 Å². The third-order valence-corrected chi connectivity index (χ3v) is 2.87. The molecule has 0 aromatic rings. The summed E-state index contributed by atoms with van der Waals surface area (Å²) in [6.07, 6.45) is 1.02. The maximum absolute atomic E-state index is 11.8. The minimum Gasteiger partial charge on any atom is -0.355 e. The predicted octanol–water partition coefficient (Wildman–Crippen LogP) is 0.442. The van der Waals surface area contributed by atoms with Crippen LogP contribution in [0, 0.1) is 5.41 Å². The topological polar surface area (TPSA) is 44.4 Å². The van der Waals surface area contributed by atoms with Crippen molar-refractivity contribution in [3.05, 3.63) is 0 Å². The highest BCUT2D eigenvalue weighted by Gasteiger charge is 2.23. The molecule has 0 spiro atoms. The van der Waals surface area contributed by atoms with Crippen LogP contribution in [0.1, 0.15) is 27.2 Å². The predicted molar refractivity (Wildman–Crippen MR) is 66.4 cm³/mol.